The average Bonchev–Trinajstić information content (AvgIpc) is 2.48. The van der Waals surface area contributed by atoms with Crippen molar-refractivity contribution in [3.63, 3.8) is 0 Å². The van der Waals surface area contributed by atoms with E-state index in [2.05, 4.69) is 22.2 Å². The van der Waals surface area contributed by atoms with Crippen LogP contribution in [0.2, 0.25) is 0 Å². The Morgan fingerprint density at radius 1 is 1.25 bits per heavy atom. The lowest BCUT2D eigenvalue weighted by atomic mass is 10.3. The Labute approximate surface area is 124 Å². The predicted octanol–water partition coefficient (Wildman–Crippen LogP) is 4.12. The number of hydrogen-bond donors (Lipinski definition) is 1. The number of nitrogens with zero attached hydrogens (tertiary/aromatic N) is 2. The van der Waals surface area contributed by atoms with Crippen LogP contribution in [0, 0.1) is 6.92 Å². The van der Waals surface area contributed by atoms with Gasteiger partial charge in [0, 0.05) is 11.4 Å². The summed E-state index contributed by atoms with van der Waals surface area (Å²) in [5.41, 5.74) is 0.928. The van der Waals surface area contributed by atoms with Crippen LogP contribution in [0.3, 0.4) is 0 Å². The smallest absolute Gasteiger partial charge is 0.227 e. The lowest BCUT2D eigenvalue weighted by Crippen LogP contribution is -2.05. The average molecular weight is 289 g/mol. The highest BCUT2D eigenvalue weighted by Crippen LogP contribution is 2.32. The third kappa shape index (κ3) is 3.42. The lowest BCUT2D eigenvalue weighted by molar-refractivity contribution is 0.447. The Bertz CT molecular complexity index is 575. The van der Waals surface area contributed by atoms with Gasteiger partial charge in [-0.2, -0.15) is 0 Å². The minimum atomic E-state index is 0.597. The first kappa shape index (κ1) is 14.7. The van der Waals surface area contributed by atoms with Crippen LogP contribution >= 0.6 is 11.8 Å². The zero-order valence-electron chi connectivity index (χ0n) is 12.0. The highest BCUT2D eigenvalue weighted by Gasteiger charge is 2.10. The molecule has 0 aliphatic carbocycles. The third-order valence-electron chi connectivity index (χ3n) is 2.86. The van der Waals surface area contributed by atoms with Gasteiger partial charge in [-0.1, -0.05) is 19.1 Å². The molecule has 0 amide bonds. The number of anilines is 1. The first-order chi connectivity index (χ1) is 9.76. The number of aromatic nitrogens is 2. The third-order valence-corrected chi connectivity index (χ3v) is 3.63. The van der Waals surface area contributed by atoms with Crippen molar-refractivity contribution in [3.8, 4) is 11.6 Å². The van der Waals surface area contributed by atoms with Gasteiger partial charge in [0.15, 0.2) is 0 Å². The molecule has 0 aliphatic rings. The molecule has 0 saturated carbocycles. The molecule has 106 valence electrons. The van der Waals surface area contributed by atoms with E-state index in [0.29, 0.717) is 5.88 Å². The summed E-state index contributed by atoms with van der Waals surface area (Å²) in [6.07, 6.45) is 4.61. The Balaban J connectivity index is 2.25. The van der Waals surface area contributed by atoms with Crippen molar-refractivity contribution in [2.75, 3.05) is 18.1 Å². The van der Waals surface area contributed by atoms with Crippen LogP contribution in [0.25, 0.3) is 0 Å². The molecule has 1 N–H and O–H groups in total. The maximum absolute atomic E-state index is 5.94. The molecule has 2 rings (SSSR count). The fraction of sp³-hybridized carbons (Fsp3) is 0.333. The summed E-state index contributed by atoms with van der Waals surface area (Å²) < 4.78 is 5.94. The molecule has 1 aromatic carbocycles. The topological polar surface area (TPSA) is 47.0 Å². The zero-order chi connectivity index (χ0) is 14.4. The number of rotatable bonds is 6. The Kier molecular flexibility index (Phi) is 5.24. The molecule has 0 unspecified atom stereocenters. The van der Waals surface area contributed by atoms with E-state index in [4.69, 9.17) is 4.74 Å². The van der Waals surface area contributed by atoms with Crippen LogP contribution in [0.5, 0.6) is 11.6 Å². The van der Waals surface area contributed by atoms with Gasteiger partial charge in [-0.05, 0) is 31.7 Å². The van der Waals surface area contributed by atoms with Gasteiger partial charge in [-0.15, -0.1) is 11.8 Å². The van der Waals surface area contributed by atoms with E-state index < -0.39 is 0 Å². The van der Waals surface area contributed by atoms with Gasteiger partial charge in [0.05, 0.1) is 5.56 Å². The number of hydrogen-bond acceptors (Lipinski definition) is 5. The SMILES string of the molecule is CCCNc1ncnc(Oc2ccccc2SC)c1C. The summed E-state index contributed by atoms with van der Waals surface area (Å²) >= 11 is 1.65. The molecule has 5 heteroatoms. The standard InChI is InChI=1S/C15H19N3OS/c1-4-9-16-14-11(2)15(18-10-17-14)19-12-7-5-6-8-13(12)20-3/h5-8,10H,4,9H2,1-3H3,(H,16,17,18). The van der Waals surface area contributed by atoms with Crippen LogP contribution in [-0.4, -0.2) is 22.8 Å². The number of para-hydroxylation sites is 1. The fourth-order valence-corrected chi connectivity index (χ4v) is 2.29. The minimum absolute atomic E-state index is 0.597. The van der Waals surface area contributed by atoms with E-state index in [-0.39, 0.29) is 0 Å². The van der Waals surface area contributed by atoms with Crippen molar-refractivity contribution in [1.29, 1.82) is 0 Å². The van der Waals surface area contributed by atoms with Gasteiger partial charge in [-0.25, -0.2) is 9.97 Å². The van der Waals surface area contributed by atoms with E-state index in [1.807, 2.05) is 37.4 Å². The molecule has 0 radical (unpaired) electrons. The number of nitrogens with one attached hydrogen (secondary N) is 1. The zero-order valence-corrected chi connectivity index (χ0v) is 12.8. The largest absolute Gasteiger partial charge is 0.437 e. The molecule has 1 aromatic heterocycles. The molecular formula is C15H19N3OS. The Morgan fingerprint density at radius 2 is 2.05 bits per heavy atom. The second kappa shape index (κ2) is 7.14. The van der Waals surface area contributed by atoms with Crippen molar-refractivity contribution in [1.82, 2.24) is 9.97 Å². The van der Waals surface area contributed by atoms with Crippen LogP contribution in [-0.2, 0) is 0 Å². The summed E-state index contributed by atoms with van der Waals surface area (Å²) in [7, 11) is 0. The Morgan fingerprint density at radius 3 is 2.80 bits per heavy atom. The molecule has 0 saturated heterocycles. The fourth-order valence-electron chi connectivity index (χ4n) is 1.77. The monoisotopic (exact) mass is 289 g/mol. The van der Waals surface area contributed by atoms with Crippen molar-refractivity contribution >= 4 is 17.6 Å². The molecule has 0 aliphatic heterocycles. The van der Waals surface area contributed by atoms with E-state index in [1.165, 1.54) is 6.33 Å². The van der Waals surface area contributed by atoms with Crippen molar-refractivity contribution in [2.45, 2.75) is 25.2 Å². The maximum Gasteiger partial charge on any atom is 0.227 e. The van der Waals surface area contributed by atoms with E-state index in [1.54, 1.807) is 11.8 Å². The predicted molar refractivity (Wildman–Crippen MR) is 83.8 cm³/mol. The van der Waals surface area contributed by atoms with Gasteiger partial charge in [0.25, 0.3) is 0 Å². The van der Waals surface area contributed by atoms with E-state index in [9.17, 15) is 0 Å². The van der Waals surface area contributed by atoms with Gasteiger partial charge in [0.2, 0.25) is 5.88 Å². The highest BCUT2D eigenvalue weighted by molar-refractivity contribution is 7.98. The molecule has 0 atom stereocenters. The number of benzene rings is 1. The van der Waals surface area contributed by atoms with Crippen molar-refractivity contribution in [3.05, 3.63) is 36.2 Å². The summed E-state index contributed by atoms with van der Waals surface area (Å²) in [5, 5.41) is 3.28. The van der Waals surface area contributed by atoms with Gasteiger partial charge < -0.3 is 10.1 Å². The van der Waals surface area contributed by atoms with Gasteiger partial charge in [0.1, 0.15) is 17.9 Å². The number of ether oxygens (including phenoxy) is 1. The van der Waals surface area contributed by atoms with Crippen LogP contribution in [0.4, 0.5) is 5.82 Å². The first-order valence-corrected chi connectivity index (χ1v) is 7.85. The lowest BCUT2D eigenvalue weighted by Gasteiger charge is -2.13. The number of thioether (sulfide) groups is 1. The summed E-state index contributed by atoms with van der Waals surface area (Å²) in [5.74, 6) is 2.25. The molecule has 4 nitrogen and oxygen atoms in total. The molecule has 1 heterocycles. The summed E-state index contributed by atoms with van der Waals surface area (Å²) in [6, 6.07) is 7.95. The molecule has 20 heavy (non-hydrogen) atoms. The molecular weight excluding hydrogens is 270 g/mol. The second-order valence-electron chi connectivity index (χ2n) is 4.33. The first-order valence-electron chi connectivity index (χ1n) is 6.62. The van der Waals surface area contributed by atoms with E-state index in [0.717, 1.165) is 35.0 Å². The maximum atomic E-state index is 5.94. The summed E-state index contributed by atoms with van der Waals surface area (Å²) in [4.78, 5) is 9.58. The molecule has 0 bridgehead atoms. The van der Waals surface area contributed by atoms with Crippen LogP contribution < -0.4 is 10.1 Å². The summed E-state index contributed by atoms with van der Waals surface area (Å²) in [6.45, 7) is 4.98. The Hall–Kier alpha value is -1.75. The molecule has 0 spiro atoms. The normalized spacial score (nSPS) is 10.3. The van der Waals surface area contributed by atoms with Gasteiger partial charge in [-0.3, -0.25) is 0 Å². The van der Waals surface area contributed by atoms with Gasteiger partial charge >= 0.3 is 0 Å². The quantitative estimate of drug-likeness (QED) is 0.810. The molecule has 0 fully saturated rings. The molecule has 2 aromatic rings. The van der Waals surface area contributed by atoms with Crippen molar-refractivity contribution in [2.24, 2.45) is 0 Å². The second-order valence-corrected chi connectivity index (χ2v) is 5.18. The van der Waals surface area contributed by atoms with Crippen LogP contribution in [0.15, 0.2) is 35.5 Å². The van der Waals surface area contributed by atoms with E-state index >= 15 is 0 Å². The minimum Gasteiger partial charge on any atom is -0.437 e. The highest BCUT2D eigenvalue weighted by atomic mass is 32.2. The van der Waals surface area contributed by atoms with Crippen LogP contribution in [0.1, 0.15) is 18.9 Å². The van der Waals surface area contributed by atoms with Crippen molar-refractivity contribution < 1.29 is 4.74 Å².